The minimum atomic E-state index is -0.0756. The molecule has 0 bridgehead atoms. The molecule has 0 unspecified atom stereocenters. The van der Waals surface area contributed by atoms with Gasteiger partial charge in [0.2, 0.25) is 5.13 Å². The van der Waals surface area contributed by atoms with Crippen molar-refractivity contribution in [3.8, 4) is 22.9 Å². The lowest BCUT2D eigenvalue weighted by molar-refractivity contribution is 0.0760. The molecule has 1 aliphatic heterocycles. The molecule has 3 aromatic rings. The summed E-state index contributed by atoms with van der Waals surface area (Å²) in [5.41, 5.74) is 1.48. The van der Waals surface area contributed by atoms with Crippen molar-refractivity contribution in [3.05, 3.63) is 54.1 Å². The van der Waals surface area contributed by atoms with Crippen LogP contribution in [0.3, 0.4) is 0 Å². The fraction of sp³-hybridized carbons (Fsp3) is 0.318. The number of rotatable bonds is 5. The third-order valence-electron chi connectivity index (χ3n) is 5.14. The van der Waals surface area contributed by atoms with E-state index in [2.05, 4.69) is 9.27 Å². The standard InChI is InChI=1S/C22H24N4O3S/c1-28-17-10-6-11-18(29-2)19(17)21(27)25-12-7-13-26(15-14-25)22-23-20(24-30-22)16-8-4-3-5-9-16/h3-6,8-11H,7,12-15H2,1-2H3. The molecule has 1 aliphatic rings. The summed E-state index contributed by atoms with van der Waals surface area (Å²) in [6.07, 6.45) is 0.851. The summed E-state index contributed by atoms with van der Waals surface area (Å²) < 4.78 is 15.3. The number of ether oxygens (including phenoxy) is 2. The zero-order valence-corrected chi connectivity index (χ0v) is 17.9. The number of aromatic nitrogens is 2. The highest BCUT2D eigenvalue weighted by molar-refractivity contribution is 7.09. The van der Waals surface area contributed by atoms with Crippen LogP contribution < -0.4 is 14.4 Å². The summed E-state index contributed by atoms with van der Waals surface area (Å²) in [5.74, 6) is 1.72. The number of amides is 1. The van der Waals surface area contributed by atoms with Crippen molar-refractivity contribution >= 4 is 22.6 Å². The van der Waals surface area contributed by atoms with Gasteiger partial charge in [-0.25, -0.2) is 0 Å². The van der Waals surface area contributed by atoms with E-state index in [0.717, 1.165) is 29.5 Å². The molecule has 1 aromatic heterocycles. The van der Waals surface area contributed by atoms with Gasteiger partial charge in [-0.3, -0.25) is 4.79 Å². The molecule has 30 heavy (non-hydrogen) atoms. The highest BCUT2D eigenvalue weighted by Gasteiger charge is 2.26. The first-order valence-electron chi connectivity index (χ1n) is 9.85. The van der Waals surface area contributed by atoms with Gasteiger partial charge in [-0.1, -0.05) is 36.4 Å². The van der Waals surface area contributed by atoms with Crippen LogP contribution >= 0.6 is 11.5 Å². The maximum absolute atomic E-state index is 13.3. The number of methoxy groups -OCH3 is 2. The zero-order chi connectivity index (χ0) is 20.9. The van der Waals surface area contributed by atoms with Crippen LogP contribution in [-0.4, -0.2) is 60.6 Å². The predicted molar refractivity (Wildman–Crippen MR) is 118 cm³/mol. The van der Waals surface area contributed by atoms with Crippen molar-refractivity contribution < 1.29 is 14.3 Å². The number of hydrogen-bond donors (Lipinski definition) is 0. The Morgan fingerprint density at radius 3 is 2.37 bits per heavy atom. The Labute approximate surface area is 180 Å². The average molecular weight is 425 g/mol. The molecule has 8 heteroatoms. The molecular weight excluding hydrogens is 400 g/mol. The lowest BCUT2D eigenvalue weighted by Gasteiger charge is -2.23. The highest BCUT2D eigenvalue weighted by atomic mass is 32.1. The molecule has 7 nitrogen and oxygen atoms in total. The summed E-state index contributed by atoms with van der Waals surface area (Å²) in [4.78, 5) is 22.1. The van der Waals surface area contributed by atoms with E-state index in [1.54, 1.807) is 26.4 Å². The third-order valence-corrected chi connectivity index (χ3v) is 5.92. The Morgan fingerprint density at radius 2 is 1.67 bits per heavy atom. The first kappa shape index (κ1) is 20.2. The van der Waals surface area contributed by atoms with E-state index in [-0.39, 0.29) is 5.91 Å². The lowest BCUT2D eigenvalue weighted by Crippen LogP contribution is -2.35. The molecule has 2 aromatic carbocycles. The Kier molecular flexibility index (Phi) is 6.13. The monoisotopic (exact) mass is 424 g/mol. The van der Waals surface area contributed by atoms with Crippen LogP contribution in [0.1, 0.15) is 16.8 Å². The molecule has 0 radical (unpaired) electrons. The van der Waals surface area contributed by atoms with E-state index in [4.69, 9.17) is 14.5 Å². The number of nitrogens with zero attached hydrogens (tertiary/aromatic N) is 4. The normalized spacial score (nSPS) is 14.3. The van der Waals surface area contributed by atoms with E-state index in [9.17, 15) is 4.79 Å². The van der Waals surface area contributed by atoms with E-state index >= 15 is 0 Å². The minimum Gasteiger partial charge on any atom is -0.496 e. The summed E-state index contributed by atoms with van der Waals surface area (Å²) in [6, 6.07) is 15.4. The third kappa shape index (κ3) is 4.09. The van der Waals surface area contributed by atoms with Gasteiger partial charge in [0.05, 0.1) is 14.2 Å². The quantitative estimate of drug-likeness (QED) is 0.624. The van der Waals surface area contributed by atoms with Crippen molar-refractivity contribution in [1.82, 2.24) is 14.3 Å². The molecule has 0 spiro atoms. The van der Waals surface area contributed by atoms with Crippen LogP contribution in [0, 0.1) is 0 Å². The second kappa shape index (κ2) is 9.13. The summed E-state index contributed by atoms with van der Waals surface area (Å²) in [5, 5.41) is 0.887. The largest absolute Gasteiger partial charge is 0.496 e. The van der Waals surface area contributed by atoms with Crippen LogP contribution in [0.2, 0.25) is 0 Å². The van der Waals surface area contributed by atoms with Crippen molar-refractivity contribution in [2.75, 3.05) is 45.3 Å². The second-order valence-corrected chi connectivity index (χ2v) is 7.67. The van der Waals surface area contributed by atoms with Gasteiger partial charge in [0.1, 0.15) is 17.1 Å². The Hall–Kier alpha value is -3.13. The SMILES string of the molecule is COc1cccc(OC)c1C(=O)N1CCCN(c2nc(-c3ccccc3)ns2)CC1. The summed E-state index contributed by atoms with van der Waals surface area (Å²) in [6.45, 7) is 2.80. The molecule has 1 amide bonds. The van der Waals surface area contributed by atoms with Crippen molar-refractivity contribution in [2.45, 2.75) is 6.42 Å². The van der Waals surface area contributed by atoms with Gasteiger partial charge in [-0.2, -0.15) is 9.36 Å². The number of anilines is 1. The molecular formula is C22H24N4O3S. The molecule has 0 saturated carbocycles. The fourth-order valence-corrected chi connectivity index (χ4v) is 4.32. The van der Waals surface area contributed by atoms with Gasteiger partial charge in [0.15, 0.2) is 5.82 Å². The Morgan fingerprint density at radius 1 is 0.933 bits per heavy atom. The van der Waals surface area contributed by atoms with Crippen LogP contribution in [0.15, 0.2) is 48.5 Å². The van der Waals surface area contributed by atoms with E-state index in [1.807, 2.05) is 41.3 Å². The number of carbonyl (C=O) groups is 1. The van der Waals surface area contributed by atoms with Gasteiger partial charge in [-0.15, -0.1) is 0 Å². The van der Waals surface area contributed by atoms with Crippen LogP contribution in [-0.2, 0) is 0 Å². The lowest BCUT2D eigenvalue weighted by atomic mass is 10.1. The predicted octanol–water partition coefficient (Wildman–Crippen LogP) is 3.57. The highest BCUT2D eigenvalue weighted by Crippen LogP contribution is 2.30. The molecule has 0 N–H and O–H groups in total. The van der Waals surface area contributed by atoms with Crippen LogP contribution in [0.25, 0.3) is 11.4 Å². The number of hydrogen-bond acceptors (Lipinski definition) is 7. The topological polar surface area (TPSA) is 67.8 Å². The molecule has 1 saturated heterocycles. The molecule has 2 heterocycles. The zero-order valence-electron chi connectivity index (χ0n) is 17.1. The van der Waals surface area contributed by atoms with Gasteiger partial charge >= 0.3 is 0 Å². The van der Waals surface area contributed by atoms with Crippen LogP contribution in [0.5, 0.6) is 11.5 Å². The minimum absolute atomic E-state index is 0.0756. The molecule has 1 fully saturated rings. The van der Waals surface area contributed by atoms with Gasteiger partial charge < -0.3 is 19.3 Å². The van der Waals surface area contributed by atoms with Gasteiger partial charge in [0, 0.05) is 43.3 Å². The maximum atomic E-state index is 13.3. The van der Waals surface area contributed by atoms with Crippen LogP contribution in [0.4, 0.5) is 5.13 Å². The van der Waals surface area contributed by atoms with Crippen molar-refractivity contribution in [1.29, 1.82) is 0 Å². The fourth-order valence-electron chi connectivity index (χ4n) is 3.58. The number of carbonyl (C=O) groups excluding carboxylic acids is 1. The maximum Gasteiger partial charge on any atom is 0.261 e. The molecule has 0 atom stereocenters. The molecule has 156 valence electrons. The van der Waals surface area contributed by atoms with Crippen molar-refractivity contribution in [3.63, 3.8) is 0 Å². The van der Waals surface area contributed by atoms with Gasteiger partial charge in [0.25, 0.3) is 5.91 Å². The van der Waals surface area contributed by atoms with E-state index < -0.39 is 0 Å². The second-order valence-electron chi connectivity index (χ2n) is 6.94. The van der Waals surface area contributed by atoms with Gasteiger partial charge in [-0.05, 0) is 18.6 Å². The smallest absolute Gasteiger partial charge is 0.261 e. The average Bonchev–Trinajstić information content (AvgIpc) is 3.16. The first-order valence-corrected chi connectivity index (χ1v) is 10.6. The van der Waals surface area contributed by atoms with Crippen molar-refractivity contribution in [2.24, 2.45) is 0 Å². The molecule has 4 rings (SSSR count). The number of benzene rings is 2. The Balaban J connectivity index is 1.49. The first-order chi connectivity index (χ1) is 14.7. The van der Waals surface area contributed by atoms with E-state index in [1.165, 1.54) is 11.5 Å². The summed E-state index contributed by atoms with van der Waals surface area (Å²) in [7, 11) is 3.13. The summed E-state index contributed by atoms with van der Waals surface area (Å²) >= 11 is 1.40. The van der Waals surface area contributed by atoms with E-state index in [0.29, 0.717) is 36.7 Å². The molecule has 0 aliphatic carbocycles. The Bertz CT molecular complexity index is 986.